The summed E-state index contributed by atoms with van der Waals surface area (Å²) in [6, 6.07) is 0. The first-order valence-corrected chi connectivity index (χ1v) is 26.9. The van der Waals surface area contributed by atoms with E-state index in [1.54, 1.807) is 0 Å². The third-order valence-electron chi connectivity index (χ3n) is 9.95. The van der Waals surface area contributed by atoms with E-state index in [0.29, 0.717) is 86.4 Å². The summed E-state index contributed by atoms with van der Waals surface area (Å²) in [5.74, 6) is 0.179. The standard InChI is InChI=1S/7C8H16O2.Co.V/c7*1-7(2)5-3-4-6-8(9)10;;/h7*7H,3-6H2,1-2H3,(H,9,10);;. The fourth-order valence-corrected chi connectivity index (χ4v) is 5.80. The van der Waals surface area contributed by atoms with E-state index in [9.17, 15) is 33.6 Å². The van der Waals surface area contributed by atoms with Gasteiger partial charge in [-0.2, -0.15) is 0 Å². The van der Waals surface area contributed by atoms with Gasteiger partial charge in [-0.05, 0) is 86.4 Å². The van der Waals surface area contributed by atoms with Crippen molar-refractivity contribution >= 4 is 41.8 Å². The van der Waals surface area contributed by atoms with Crippen molar-refractivity contribution in [2.45, 2.75) is 277 Å². The van der Waals surface area contributed by atoms with E-state index in [1.807, 2.05) is 0 Å². The van der Waals surface area contributed by atoms with Gasteiger partial charge in [0, 0.05) is 80.3 Å². The minimum Gasteiger partial charge on any atom is -0.481 e. The zero-order valence-electron chi connectivity index (χ0n) is 48.1. The molecule has 0 unspecified atom stereocenters. The average molecular weight is 1120 g/mol. The van der Waals surface area contributed by atoms with E-state index in [2.05, 4.69) is 96.9 Å². The van der Waals surface area contributed by atoms with Crippen molar-refractivity contribution in [1.29, 1.82) is 0 Å². The Morgan fingerprint density at radius 3 is 0.361 bits per heavy atom. The predicted octanol–water partition coefficient (Wildman–Crippen LogP) is 16.0. The molecule has 0 aliphatic heterocycles. The van der Waals surface area contributed by atoms with Gasteiger partial charge in [0.25, 0.3) is 0 Å². The van der Waals surface area contributed by atoms with Crippen molar-refractivity contribution in [3.05, 3.63) is 0 Å². The van der Waals surface area contributed by atoms with Crippen LogP contribution in [0.15, 0.2) is 0 Å². The van der Waals surface area contributed by atoms with Crippen LogP contribution in [0.1, 0.15) is 277 Å². The number of rotatable bonds is 35. The third-order valence-corrected chi connectivity index (χ3v) is 9.95. The van der Waals surface area contributed by atoms with E-state index in [-0.39, 0.29) is 35.3 Å². The maximum atomic E-state index is 10.0. The van der Waals surface area contributed by atoms with Crippen molar-refractivity contribution in [3.8, 4) is 0 Å². The predicted molar refractivity (Wildman–Crippen MR) is 287 cm³/mol. The SMILES string of the molecule is CC(C)CCCCC(=O)O.CC(C)CCCCC(=O)O.CC(C)CCCCC(=O)O.CC(C)CCCCC(=O)O.CC(C)CCCCC(=O)O.CC(C)CCCCC(=O)O.CC(C)CCCCC(=O)O.[Co].[V]. The maximum absolute atomic E-state index is 10.0. The molecule has 0 bridgehead atoms. The number of hydrogen-bond acceptors (Lipinski definition) is 7. The molecule has 0 atom stereocenters. The molecule has 0 aromatic rings. The molecule has 0 aliphatic rings. The molecule has 0 saturated heterocycles. The van der Waals surface area contributed by atoms with Crippen LogP contribution in [0.5, 0.6) is 0 Å². The van der Waals surface area contributed by atoms with Crippen LogP contribution < -0.4 is 0 Å². The van der Waals surface area contributed by atoms with Crippen LogP contribution in [-0.4, -0.2) is 77.5 Å². The van der Waals surface area contributed by atoms with Gasteiger partial charge in [0.05, 0.1) is 0 Å². The first-order chi connectivity index (χ1) is 32.4. The molecule has 0 aromatic carbocycles. The first-order valence-electron chi connectivity index (χ1n) is 26.9. The Morgan fingerprint density at radius 2 is 0.306 bits per heavy atom. The summed E-state index contributed by atoms with van der Waals surface area (Å²) >= 11 is 0. The van der Waals surface area contributed by atoms with Crippen LogP contribution in [-0.2, 0) is 68.9 Å². The number of hydrogen-bond donors (Lipinski definition) is 7. The van der Waals surface area contributed by atoms with Crippen molar-refractivity contribution < 1.29 is 105 Å². The summed E-state index contributed by atoms with van der Waals surface area (Å²) in [4.78, 5) is 70.3. The Labute approximate surface area is 462 Å². The van der Waals surface area contributed by atoms with Gasteiger partial charge in [-0.25, -0.2) is 0 Å². The topological polar surface area (TPSA) is 261 Å². The summed E-state index contributed by atoms with van der Waals surface area (Å²) in [5, 5.41) is 58.0. The number of aliphatic carboxylic acids is 7. The molecule has 0 saturated carbocycles. The molecule has 0 amide bonds. The molecule has 7 N–H and O–H groups in total. The normalized spacial score (nSPS) is 10.0. The largest absolute Gasteiger partial charge is 0.481 e. The fourth-order valence-electron chi connectivity index (χ4n) is 5.80. The van der Waals surface area contributed by atoms with Gasteiger partial charge in [0.1, 0.15) is 0 Å². The Kier molecular flexibility index (Phi) is 84.5. The zero-order valence-corrected chi connectivity index (χ0v) is 50.5. The van der Waals surface area contributed by atoms with Crippen molar-refractivity contribution in [2.75, 3.05) is 0 Å². The van der Waals surface area contributed by atoms with Gasteiger partial charge in [-0.15, -0.1) is 0 Å². The molecule has 14 nitrogen and oxygen atoms in total. The molecule has 0 rings (SSSR count). The summed E-state index contributed by atoms with van der Waals surface area (Å²) in [5.41, 5.74) is 0. The Morgan fingerprint density at radius 1 is 0.222 bits per heavy atom. The van der Waals surface area contributed by atoms with Crippen LogP contribution in [0.3, 0.4) is 0 Å². The van der Waals surface area contributed by atoms with Gasteiger partial charge in [-0.3, -0.25) is 33.6 Å². The zero-order chi connectivity index (χ0) is 55.9. The average Bonchev–Trinajstić information content (AvgIpc) is 3.21. The van der Waals surface area contributed by atoms with Gasteiger partial charge in [0.15, 0.2) is 0 Å². The second kappa shape index (κ2) is 68.4. The molecule has 0 heterocycles. The van der Waals surface area contributed by atoms with Crippen molar-refractivity contribution in [2.24, 2.45) is 41.4 Å². The van der Waals surface area contributed by atoms with Crippen LogP contribution in [0.25, 0.3) is 0 Å². The Hall–Kier alpha value is -2.62. The quantitative estimate of drug-likeness (QED) is 0.0291. The summed E-state index contributed by atoms with van der Waals surface area (Å²) in [6.07, 6.45) is 23.4. The number of carboxylic acids is 7. The third kappa shape index (κ3) is 138. The van der Waals surface area contributed by atoms with Crippen LogP contribution in [0.2, 0.25) is 0 Å². The molecule has 2 radical (unpaired) electrons. The fraction of sp³-hybridized carbons (Fsp3) is 0.875. The Balaban J connectivity index is -0.0000000915. The second-order valence-corrected chi connectivity index (χ2v) is 21.2. The van der Waals surface area contributed by atoms with Crippen molar-refractivity contribution in [3.63, 3.8) is 0 Å². The molecule has 0 spiro atoms. The minimum atomic E-state index is -0.677. The monoisotopic (exact) mass is 1120 g/mol. The number of carboxylic acid groups (broad SMARTS) is 7. The molecule has 0 aliphatic carbocycles. The number of unbranched alkanes of at least 4 members (excludes halogenated alkanes) is 7. The van der Waals surface area contributed by atoms with E-state index >= 15 is 0 Å². The van der Waals surface area contributed by atoms with E-state index in [0.717, 1.165) is 135 Å². The van der Waals surface area contributed by atoms with E-state index < -0.39 is 41.8 Å². The van der Waals surface area contributed by atoms with Gasteiger partial charge < -0.3 is 35.7 Å². The molecular formula is C56H112CoO14V. The van der Waals surface area contributed by atoms with E-state index in [4.69, 9.17) is 35.7 Å². The number of carbonyl (C=O) groups is 7. The molecule has 0 fully saturated rings. The van der Waals surface area contributed by atoms with Gasteiger partial charge >= 0.3 is 41.8 Å². The Bertz CT molecular complexity index is 953. The van der Waals surface area contributed by atoms with Crippen LogP contribution in [0.4, 0.5) is 0 Å². The smallest absolute Gasteiger partial charge is 0.303 e. The summed E-state index contributed by atoms with van der Waals surface area (Å²) < 4.78 is 0. The van der Waals surface area contributed by atoms with Gasteiger partial charge in [-0.1, -0.05) is 187 Å². The summed E-state index contributed by atoms with van der Waals surface area (Å²) in [6.45, 7) is 30.1. The molecule has 434 valence electrons. The van der Waals surface area contributed by atoms with Crippen LogP contribution >= 0.6 is 0 Å². The van der Waals surface area contributed by atoms with E-state index in [1.165, 1.54) is 0 Å². The van der Waals surface area contributed by atoms with Crippen LogP contribution in [0, 0.1) is 41.4 Å². The summed E-state index contributed by atoms with van der Waals surface area (Å²) in [7, 11) is 0. The minimum absolute atomic E-state index is 0. The maximum Gasteiger partial charge on any atom is 0.303 e. The second-order valence-electron chi connectivity index (χ2n) is 21.2. The molecule has 0 aromatic heterocycles. The first kappa shape index (κ1) is 89.0. The molecule has 72 heavy (non-hydrogen) atoms. The molecule has 16 heteroatoms. The molecular weight excluding hydrogens is 1010 g/mol. The van der Waals surface area contributed by atoms with Crippen molar-refractivity contribution in [1.82, 2.24) is 0 Å². The van der Waals surface area contributed by atoms with Gasteiger partial charge in [0.2, 0.25) is 0 Å².